The molecule has 1 saturated heterocycles. The summed E-state index contributed by atoms with van der Waals surface area (Å²) < 4.78 is 50.5. The Balaban J connectivity index is 1.90. The molecule has 0 saturated carbocycles. The van der Waals surface area contributed by atoms with Crippen molar-refractivity contribution in [1.29, 1.82) is 0 Å². The smallest absolute Gasteiger partial charge is 0.253 e. The first-order valence-corrected chi connectivity index (χ1v) is 11.2. The van der Waals surface area contributed by atoms with Crippen molar-refractivity contribution < 1.29 is 27.1 Å². The normalized spacial score (nSPS) is 14.5. The van der Waals surface area contributed by atoms with E-state index in [2.05, 4.69) is 5.32 Å². The molecule has 31 heavy (non-hydrogen) atoms. The number of rotatable bonds is 7. The molecule has 3 rings (SSSR count). The Morgan fingerprint density at radius 3 is 2.52 bits per heavy atom. The number of hydrogen-bond donors (Lipinski definition) is 1. The number of carbonyl (C=O) groups excluding carboxylic acids is 1. The minimum absolute atomic E-state index is 0.0233. The summed E-state index contributed by atoms with van der Waals surface area (Å²) in [6.07, 6.45) is 0. The van der Waals surface area contributed by atoms with Gasteiger partial charge < -0.3 is 19.7 Å². The van der Waals surface area contributed by atoms with Crippen molar-refractivity contribution >= 4 is 21.6 Å². The molecule has 1 heterocycles. The van der Waals surface area contributed by atoms with E-state index in [4.69, 9.17) is 9.47 Å². The number of benzene rings is 2. The molecule has 1 aliphatic heterocycles. The van der Waals surface area contributed by atoms with Gasteiger partial charge in [-0.15, -0.1) is 0 Å². The number of amides is 1. The zero-order chi connectivity index (χ0) is 22.6. The predicted molar refractivity (Wildman–Crippen MR) is 114 cm³/mol. The Kier molecular flexibility index (Phi) is 7.14. The molecular weight excluding hydrogens is 425 g/mol. The molecule has 0 atom stereocenters. The lowest BCUT2D eigenvalue weighted by Crippen LogP contribution is -2.38. The summed E-state index contributed by atoms with van der Waals surface area (Å²) in [5.74, 6) is -0.859. The molecular formula is C21H26FN3O5S. The van der Waals surface area contributed by atoms with Crippen LogP contribution in [0.15, 0.2) is 41.3 Å². The van der Waals surface area contributed by atoms with Gasteiger partial charge in [0.25, 0.3) is 5.91 Å². The number of morpholine rings is 1. The van der Waals surface area contributed by atoms with Crippen LogP contribution in [-0.2, 0) is 21.3 Å². The summed E-state index contributed by atoms with van der Waals surface area (Å²) in [6, 6.07) is 8.94. The monoisotopic (exact) mass is 451 g/mol. The van der Waals surface area contributed by atoms with Gasteiger partial charge in [0, 0.05) is 39.4 Å². The zero-order valence-electron chi connectivity index (χ0n) is 17.7. The summed E-state index contributed by atoms with van der Waals surface area (Å²) in [6.45, 7) is 2.29. The van der Waals surface area contributed by atoms with Gasteiger partial charge in [0.1, 0.15) is 0 Å². The first-order valence-electron chi connectivity index (χ1n) is 9.74. The third kappa shape index (κ3) is 5.15. The second-order valence-electron chi connectivity index (χ2n) is 7.22. The van der Waals surface area contributed by atoms with E-state index in [1.165, 1.54) is 45.5 Å². The third-order valence-electron chi connectivity index (χ3n) is 5.01. The van der Waals surface area contributed by atoms with Crippen LogP contribution in [0.4, 0.5) is 10.1 Å². The molecule has 0 bridgehead atoms. The first kappa shape index (κ1) is 23.0. The van der Waals surface area contributed by atoms with Gasteiger partial charge in [-0.2, -0.15) is 0 Å². The van der Waals surface area contributed by atoms with Gasteiger partial charge in [-0.25, -0.2) is 17.1 Å². The molecule has 0 unspecified atom stereocenters. The van der Waals surface area contributed by atoms with Gasteiger partial charge in [0.05, 0.1) is 30.8 Å². The molecule has 168 valence electrons. The van der Waals surface area contributed by atoms with Crippen molar-refractivity contribution in [2.45, 2.75) is 11.4 Å². The zero-order valence-corrected chi connectivity index (χ0v) is 18.5. The van der Waals surface area contributed by atoms with E-state index in [9.17, 15) is 17.6 Å². The quantitative estimate of drug-likeness (QED) is 0.691. The highest BCUT2D eigenvalue weighted by atomic mass is 32.2. The Morgan fingerprint density at radius 1 is 1.19 bits per heavy atom. The average molecular weight is 452 g/mol. The highest BCUT2D eigenvalue weighted by molar-refractivity contribution is 7.89. The molecule has 0 spiro atoms. The summed E-state index contributed by atoms with van der Waals surface area (Å²) in [5, 5.41) is 2.75. The standard InChI is InChI=1S/C21H26FN3O5S/c1-24(2)31(27,28)16-5-6-19(25-8-10-30-11-9-25)17(13-16)21(26)23-14-15-4-7-20(29-3)18(22)12-15/h4-7,12-13H,8-11,14H2,1-3H3,(H,23,26). The van der Waals surface area contributed by atoms with Crippen LogP contribution in [-0.4, -0.2) is 66.1 Å². The second kappa shape index (κ2) is 9.63. The number of carbonyl (C=O) groups is 1. The number of halogens is 1. The van der Waals surface area contributed by atoms with Crippen LogP contribution in [0, 0.1) is 5.82 Å². The van der Waals surface area contributed by atoms with Crippen LogP contribution in [0.25, 0.3) is 0 Å². The number of hydrogen-bond acceptors (Lipinski definition) is 6. The highest BCUT2D eigenvalue weighted by Gasteiger charge is 2.24. The van der Waals surface area contributed by atoms with E-state index in [0.29, 0.717) is 37.6 Å². The number of methoxy groups -OCH3 is 1. The Hall–Kier alpha value is -2.69. The van der Waals surface area contributed by atoms with Crippen LogP contribution < -0.4 is 15.0 Å². The number of ether oxygens (including phenoxy) is 2. The van der Waals surface area contributed by atoms with E-state index in [0.717, 1.165) is 4.31 Å². The average Bonchev–Trinajstić information content (AvgIpc) is 2.77. The lowest BCUT2D eigenvalue weighted by molar-refractivity contribution is 0.0949. The largest absolute Gasteiger partial charge is 0.494 e. The predicted octanol–water partition coefficient (Wildman–Crippen LogP) is 1.85. The SMILES string of the molecule is COc1ccc(CNC(=O)c2cc(S(=O)(=O)N(C)C)ccc2N2CCOCC2)cc1F. The molecule has 0 aromatic heterocycles. The van der Waals surface area contributed by atoms with Gasteiger partial charge in [-0.05, 0) is 35.9 Å². The van der Waals surface area contributed by atoms with E-state index in [1.807, 2.05) is 4.90 Å². The van der Waals surface area contributed by atoms with Crippen LogP contribution in [0.2, 0.25) is 0 Å². The minimum atomic E-state index is -3.71. The maximum Gasteiger partial charge on any atom is 0.253 e. The van der Waals surface area contributed by atoms with Crippen molar-refractivity contribution in [1.82, 2.24) is 9.62 Å². The van der Waals surface area contributed by atoms with Crippen LogP contribution in [0.3, 0.4) is 0 Å². The van der Waals surface area contributed by atoms with Gasteiger partial charge in [0.15, 0.2) is 11.6 Å². The molecule has 2 aromatic rings. The Morgan fingerprint density at radius 2 is 1.90 bits per heavy atom. The van der Waals surface area contributed by atoms with E-state index >= 15 is 0 Å². The van der Waals surface area contributed by atoms with E-state index in [-0.39, 0.29) is 22.8 Å². The molecule has 2 aromatic carbocycles. The number of nitrogens with zero attached hydrogens (tertiary/aromatic N) is 2. The van der Waals surface area contributed by atoms with Crippen molar-refractivity contribution in [2.75, 3.05) is 52.4 Å². The lowest BCUT2D eigenvalue weighted by Gasteiger charge is -2.30. The highest BCUT2D eigenvalue weighted by Crippen LogP contribution is 2.26. The van der Waals surface area contributed by atoms with Gasteiger partial charge in [-0.3, -0.25) is 4.79 Å². The lowest BCUT2D eigenvalue weighted by atomic mass is 10.1. The van der Waals surface area contributed by atoms with Gasteiger partial charge >= 0.3 is 0 Å². The van der Waals surface area contributed by atoms with Crippen LogP contribution >= 0.6 is 0 Å². The Bertz CT molecular complexity index is 1050. The van der Waals surface area contributed by atoms with Crippen molar-refractivity contribution in [3.63, 3.8) is 0 Å². The molecule has 0 aliphatic carbocycles. The summed E-state index contributed by atoms with van der Waals surface area (Å²) >= 11 is 0. The topological polar surface area (TPSA) is 88.2 Å². The Labute approximate surface area is 181 Å². The minimum Gasteiger partial charge on any atom is -0.494 e. The van der Waals surface area contributed by atoms with E-state index < -0.39 is 21.7 Å². The van der Waals surface area contributed by atoms with Gasteiger partial charge in [0.2, 0.25) is 10.0 Å². The molecule has 1 N–H and O–H groups in total. The van der Waals surface area contributed by atoms with Crippen molar-refractivity contribution in [3.8, 4) is 5.75 Å². The molecule has 0 radical (unpaired) electrons. The maximum absolute atomic E-state index is 13.9. The first-order chi connectivity index (χ1) is 14.7. The van der Waals surface area contributed by atoms with Crippen molar-refractivity contribution in [3.05, 3.63) is 53.3 Å². The molecule has 1 fully saturated rings. The van der Waals surface area contributed by atoms with Gasteiger partial charge in [-0.1, -0.05) is 6.07 Å². The molecule has 8 nitrogen and oxygen atoms in total. The summed E-state index contributed by atoms with van der Waals surface area (Å²) in [5.41, 5.74) is 1.41. The maximum atomic E-state index is 13.9. The number of anilines is 1. The number of nitrogens with one attached hydrogen (secondary N) is 1. The van der Waals surface area contributed by atoms with Crippen LogP contribution in [0.5, 0.6) is 5.75 Å². The van der Waals surface area contributed by atoms with Crippen molar-refractivity contribution in [2.24, 2.45) is 0 Å². The summed E-state index contributed by atoms with van der Waals surface area (Å²) in [4.78, 5) is 15.0. The fourth-order valence-electron chi connectivity index (χ4n) is 3.25. The molecule has 1 amide bonds. The fourth-order valence-corrected chi connectivity index (χ4v) is 4.17. The van der Waals surface area contributed by atoms with Crippen LogP contribution in [0.1, 0.15) is 15.9 Å². The number of sulfonamides is 1. The second-order valence-corrected chi connectivity index (χ2v) is 9.37. The third-order valence-corrected chi connectivity index (χ3v) is 6.82. The molecule has 10 heteroatoms. The summed E-state index contributed by atoms with van der Waals surface area (Å²) in [7, 11) is 0.530. The van der Waals surface area contributed by atoms with E-state index in [1.54, 1.807) is 12.1 Å². The fraction of sp³-hybridized carbons (Fsp3) is 0.381. The molecule has 1 aliphatic rings.